The van der Waals surface area contributed by atoms with Gasteiger partial charge in [-0.1, -0.05) is 78.9 Å². The lowest BCUT2D eigenvalue weighted by Crippen LogP contribution is -2.52. The van der Waals surface area contributed by atoms with Crippen molar-refractivity contribution in [2.75, 3.05) is 5.32 Å². The van der Waals surface area contributed by atoms with Crippen LogP contribution in [0.5, 0.6) is 0 Å². The number of benzene rings is 2. The summed E-state index contributed by atoms with van der Waals surface area (Å²) < 4.78 is 0. The van der Waals surface area contributed by atoms with E-state index in [0.717, 1.165) is 31.2 Å². The minimum atomic E-state index is -0.697. The van der Waals surface area contributed by atoms with Crippen molar-refractivity contribution in [2.45, 2.75) is 50.6 Å². The highest BCUT2D eigenvalue weighted by Crippen LogP contribution is 2.29. The highest BCUT2D eigenvalue weighted by atomic mass is 35.5. The molecule has 1 fully saturated rings. The number of carbonyl (C=O) groups is 2. The summed E-state index contributed by atoms with van der Waals surface area (Å²) in [5.74, 6) is -0.173. The number of urea groups is 1. The third-order valence-corrected chi connectivity index (χ3v) is 5.87. The van der Waals surface area contributed by atoms with Crippen molar-refractivity contribution < 1.29 is 9.59 Å². The van der Waals surface area contributed by atoms with Gasteiger partial charge in [-0.15, -0.1) is 0 Å². The second kappa shape index (κ2) is 10.5. The molecule has 0 aromatic heterocycles. The van der Waals surface area contributed by atoms with Gasteiger partial charge in [-0.25, -0.2) is 4.79 Å². The Labute approximate surface area is 181 Å². The summed E-state index contributed by atoms with van der Waals surface area (Å²) >= 11 is 12.1. The van der Waals surface area contributed by atoms with Crippen LogP contribution in [0.4, 0.5) is 10.5 Å². The van der Waals surface area contributed by atoms with E-state index in [-0.39, 0.29) is 17.0 Å². The van der Waals surface area contributed by atoms with Gasteiger partial charge in [0.25, 0.3) is 0 Å². The van der Waals surface area contributed by atoms with Gasteiger partial charge in [-0.05, 0) is 30.5 Å². The minimum Gasteiger partial charge on any atom is -0.352 e. The SMILES string of the molecule is O=C(Nc1cccc(Cl)c1Cl)NC(Cc1ccccc1)C(=O)NC1CCCCC1. The van der Waals surface area contributed by atoms with Gasteiger partial charge in [0.1, 0.15) is 6.04 Å². The van der Waals surface area contributed by atoms with Crippen LogP contribution in [0, 0.1) is 0 Å². The van der Waals surface area contributed by atoms with E-state index in [4.69, 9.17) is 23.2 Å². The number of amides is 3. The molecule has 29 heavy (non-hydrogen) atoms. The molecule has 7 heteroatoms. The molecule has 2 aromatic carbocycles. The van der Waals surface area contributed by atoms with Crippen molar-refractivity contribution in [1.82, 2.24) is 10.6 Å². The van der Waals surface area contributed by atoms with E-state index < -0.39 is 12.1 Å². The molecule has 0 radical (unpaired) electrons. The van der Waals surface area contributed by atoms with Gasteiger partial charge in [0.2, 0.25) is 5.91 Å². The van der Waals surface area contributed by atoms with Crippen LogP contribution in [-0.4, -0.2) is 24.0 Å². The molecule has 1 aliphatic carbocycles. The number of halogens is 2. The second-order valence-electron chi connectivity index (χ2n) is 7.29. The molecular formula is C22H25Cl2N3O2. The van der Waals surface area contributed by atoms with E-state index in [0.29, 0.717) is 17.1 Å². The fourth-order valence-corrected chi connectivity index (χ4v) is 3.87. The number of carbonyl (C=O) groups excluding carboxylic acids is 2. The molecule has 3 rings (SSSR count). The molecule has 0 saturated heterocycles. The van der Waals surface area contributed by atoms with Crippen molar-refractivity contribution in [1.29, 1.82) is 0 Å². The van der Waals surface area contributed by atoms with Crippen LogP contribution in [0.15, 0.2) is 48.5 Å². The minimum absolute atomic E-state index is 0.168. The highest BCUT2D eigenvalue weighted by molar-refractivity contribution is 6.43. The monoisotopic (exact) mass is 433 g/mol. The summed E-state index contributed by atoms with van der Waals surface area (Å²) in [4.78, 5) is 25.5. The van der Waals surface area contributed by atoms with Crippen molar-refractivity contribution in [3.63, 3.8) is 0 Å². The average molecular weight is 434 g/mol. The van der Waals surface area contributed by atoms with E-state index in [9.17, 15) is 9.59 Å². The maximum absolute atomic E-state index is 12.9. The number of hydrogen-bond acceptors (Lipinski definition) is 2. The molecule has 0 bridgehead atoms. The molecule has 3 N–H and O–H groups in total. The molecule has 1 unspecified atom stereocenters. The largest absolute Gasteiger partial charge is 0.352 e. The fraction of sp³-hybridized carbons (Fsp3) is 0.364. The standard InChI is InChI=1S/C22H25Cl2N3O2/c23-17-12-7-13-18(20(17)24)26-22(29)27-19(14-15-8-3-1-4-9-15)21(28)25-16-10-5-2-6-11-16/h1,3-4,7-9,12-13,16,19H,2,5-6,10-11,14H2,(H,25,28)(H2,26,27,29). The molecule has 1 aliphatic rings. The predicted octanol–water partition coefficient (Wildman–Crippen LogP) is 5.18. The number of nitrogens with one attached hydrogen (secondary N) is 3. The van der Waals surface area contributed by atoms with E-state index in [2.05, 4.69) is 16.0 Å². The molecule has 2 aromatic rings. The molecule has 154 valence electrons. The maximum Gasteiger partial charge on any atom is 0.319 e. The topological polar surface area (TPSA) is 70.2 Å². The lowest BCUT2D eigenvalue weighted by Gasteiger charge is -2.26. The molecule has 5 nitrogen and oxygen atoms in total. The van der Waals surface area contributed by atoms with Gasteiger partial charge in [-0.3, -0.25) is 4.79 Å². The van der Waals surface area contributed by atoms with Gasteiger partial charge < -0.3 is 16.0 Å². The smallest absolute Gasteiger partial charge is 0.319 e. The average Bonchev–Trinajstić information content (AvgIpc) is 2.72. The zero-order valence-electron chi connectivity index (χ0n) is 16.1. The van der Waals surface area contributed by atoms with E-state index in [1.807, 2.05) is 30.3 Å². The van der Waals surface area contributed by atoms with Crippen molar-refractivity contribution in [3.05, 3.63) is 64.1 Å². The van der Waals surface area contributed by atoms with Crippen LogP contribution < -0.4 is 16.0 Å². The Hall–Kier alpha value is -2.24. The van der Waals surface area contributed by atoms with Gasteiger partial charge in [0.15, 0.2) is 0 Å². The van der Waals surface area contributed by atoms with E-state index in [1.54, 1.807) is 18.2 Å². The Morgan fingerprint density at radius 2 is 1.69 bits per heavy atom. The lowest BCUT2D eigenvalue weighted by molar-refractivity contribution is -0.123. The zero-order valence-corrected chi connectivity index (χ0v) is 17.6. The van der Waals surface area contributed by atoms with Gasteiger partial charge in [-0.2, -0.15) is 0 Å². The van der Waals surface area contributed by atoms with Gasteiger partial charge >= 0.3 is 6.03 Å². The molecule has 0 spiro atoms. The van der Waals surface area contributed by atoms with Crippen LogP contribution in [0.2, 0.25) is 10.0 Å². The first-order valence-electron chi connectivity index (χ1n) is 9.89. The first-order chi connectivity index (χ1) is 14.0. The Morgan fingerprint density at radius 3 is 2.41 bits per heavy atom. The first kappa shape index (κ1) is 21.5. The zero-order chi connectivity index (χ0) is 20.6. The number of rotatable bonds is 6. The van der Waals surface area contributed by atoms with Crippen LogP contribution in [0.25, 0.3) is 0 Å². The molecule has 1 saturated carbocycles. The Kier molecular flexibility index (Phi) is 7.78. The Balaban J connectivity index is 1.68. The normalized spacial score (nSPS) is 15.4. The fourth-order valence-electron chi connectivity index (χ4n) is 3.52. The quantitative estimate of drug-likeness (QED) is 0.587. The predicted molar refractivity (Wildman–Crippen MR) is 118 cm³/mol. The van der Waals surface area contributed by atoms with E-state index in [1.165, 1.54) is 6.42 Å². The second-order valence-corrected chi connectivity index (χ2v) is 8.07. The maximum atomic E-state index is 12.9. The molecule has 3 amide bonds. The van der Waals surface area contributed by atoms with E-state index >= 15 is 0 Å². The van der Waals surface area contributed by atoms with Crippen LogP contribution in [0.3, 0.4) is 0 Å². The first-order valence-corrected chi connectivity index (χ1v) is 10.6. The molecular weight excluding hydrogens is 409 g/mol. The summed E-state index contributed by atoms with van der Waals surface area (Å²) in [5.41, 5.74) is 1.36. The van der Waals surface area contributed by atoms with Crippen molar-refractivity contribution in [3.8, 4) is 0 Å². The van der Waals surface area contributed by atoms with Crippen LogP contribution in [-0.2, 0) is 11.2 Å². The van der Waals surface area contributed by atoms with Crippen molar-refractivity contribution in [2.24, 2.45) is 0 Å². The summed E-state index contributed by atoms with van der Waals surface area (Å²) in [6.45, 7) is 0. The third-order valence-electron chi connectivity index (χ3n) is 5.06. The summed E-state index contributed by atoms with van der Waals surface area (Å²) in [5, 5.41) is 9.17. The van der Waals surface area contributed by atoms with Crippen molar-refractivity contribution >= 4 is 40.8 Å². The number of hydrogen-bond donors (Lipinski definition) is 3. The van der Waals surface area contributed by atoms with Crippen LogP contribution in [0.1, 0.15) is 37.7 Å². The Bertz CT molecular complexity index is 839. The van der Waals surface area contributed by atoms with Gasteiger partial charge in [0.05, 0.1) is 15.7 Å². The lowest BCUT2D eigenvalue weighted by atomic mass is 9.95. The van der Waals surface area contributed by atoms with Gasteiger partial charge in [0, 0.05) is 12.5 Å². The number of anilines is 1. The Morgan fingerprint density at radius 1 is 0.966 bits per heavy atom. The summed E-state index contributed by atoms with van der Waals surface area (Å²) in [6.07, 6.45) is 5.81. The third kappa shape index (κ3) is 6.38. The molecule has 0 aliphatic heterocycles. The van der Waals surface area contributed by atoms with Crippen LogP contribution >= 0.6 is 23.2 Å². The molecule has 0 heterocycles. The highest BCUT2D eigenvalue weighted by Gasteiger charge is 2.25. The molecule has 1 atom stereocenters. The summed E-state index contributed by atoms with van der Waals surface area (Å²) in [6, 6.07) is 13.6. The summed E-state index contributed by atoms with van der Waals surface area (Å²) in [7, 11) is 0.